The first-order valence-electron chi connectivity index (χ1n) is 6.06. The third kappa shape index (κ3) is 2.48. The normalized spacial score (nSPS) is 15.6. The largest absolute Gasteiger partial charge is 0.349 e. The number of nitro groups is 1. The van der Waals surface area contributed by atoms with Gasteiger partial charge in [0.1, 0.15) is 11.6 Å². The lowest BCUT2D eigenvalue weighted by atomic mass is 10.1. The lowest BCUT2D eigenvalue weighted by Crippen LogP contribution is -2.40. The second-order valence-electron chi connectivity index (χ2n) is 4.65. The Kier molecular flexibility index (Phi) is 3.62. The van der Waals surface area contributed by atoms with Crippen molar-refractivity contribution in [2.24, 2.45) is 11.7 Å². The minimum atomic E-state index is -0.558. The van der Waals surface area contributed by atoms with E-state index in [0.717, 1.165) is 12.8 Å². The van der Waals surface area contributed by atoms with Gasteiger partial charge in [-0.3, -0.25) is 10.1 Å². The number of nitriles is 1. The number of hydrogen-bond acceptors (Lipinski definition) is 6. The third-order valence-corrected chi connectivity index (χ3v) is 3.45. The smallest absolute Gasteiger partial charge is 0.329 e. The first-order chi connectivity index (χ1) is 9.10. The Balaban J connectivity index is 2.43. The van der Waals surface area contributed by atoms with E-state index >= 15 is 0 Å². The predicted molar refractivity (Wildman–Crippen MR) is 69.6 cm³/mol. The molecule has 0 aliphatic heterocycles. The van der Waals surface area contributed by atoms with Crippen LogP contribution in [-0.2, 0) is 0 Å². The van der Waals surface area contributed by atoms with Gasteiger partial charge in [-0.25, -0.2) is 4.98 Å². The molecule has 100 valence electrons. The lowest BCUT2D eigenvalue weighted by molar-refractivity contribution is -0.384. The van der Waals surface area contributed by atoms with Crippen LogP contribution in [0, 0.1) is 27.4 Å². The van der Waals surface area contributed by atoms with Crippen molar-refractivity contribution in [2.45, 2.75) is 18.9 Å². The van der Waals surface area contributed by atoms with Gasteiger partial charge in [0.05, 0.1) is 4.92 Å². The zero-order valence-corrected chi connectivity index (χ0v) is 10.6. The van der Waals surface area contributed by atoms with Gasteiger partial charge >= 0.3 is 5.69 Å². The molecule has 1 heterocycles. The Hall–Kier alpha value is -2.20. The molecule has 0 aromatic carbocycles. The molecular weight excluding hydrogens is 246 g/mol. The molecule has 19 heavy (non-hydrogen) atoms. The molecule has 0 amide bonds. The SMILES string of the molecule is CN(c1nccc(C#N)c1[N+](=O)[O-])C(CN)C1CC1. The minimum absolute atomic E-state index is 0.0217. The van der Waals surface area contributed by atoms with Crippen LogP contribution in [0.2, 0.25) is 0 Å². The summed E-state index contributed by atoms with van der Waals surface area (Å²) in [5.74, 6) is 0.675. The van der Waals surface area contributed by atoms with Gasteiger partial charge in [0.25, 0.3) is 0 Å². The third-order valence-electron chi connectivity index (χ3n) is 3.45. The van der Waals surface area contributed by atoms with Crippen molar-refractivity contribution in [3.05, 3.63) is 27.9 Å². The Labute approximate surface area is 110 Å². The summed E-state index contributed by atoms with van der Waals surface area (Å²) in [6.45, 7) is 0.413. The van der Waals surface area contributed by atoms with Crippen LogP contribution in [0.15, 0.2) is 12.3 Å². The average Bonchev–Trinajstić information content (AvgIpc) is 3.22. The summed E-state index contributed by atoms with van der Waals surface area (Å²) in [6.07, 6.45) is 3.58. The molecule has 1 aromatic rings. The fourth-order valence-electron chi connectivity index (χ4n) is 2.28. The summed E-state index contributed by atoms with van der Waals surface area (Å²) in [4.78, 5) is 16.4. The second-order valence-corrected chi connectivity index (χ2v) is 4.65. The van der Waals surface area contributed by atoms with Crippen molar-refractivity contribution in [3.8, 4) is 6.07 Å². The van der Waals surface area contributed by atoms with E-state index < -0.39 is 4.92 Å². The summed E-state index contributed by atoms with van der Waals surface area (Å²) < 4.78 is 0. The predicted octanol–water partition coefficient (Wildman–Crippen LogP) is 1.03. The van der Waals surface area contributed by atoms with E-state index in [0.29, 0.717) is 12.5 Å². The van der Waals surface area contributed by atoms with Crippen LogP contribution in [0.5, 0.6) is 0 Å². The monoisotopic (exact) mass is 261 g/mol. The number of nitrogens with two attached hydrogens (primary N) is 1. The number of likely N-dealkylation sites (N-methyl/N-ethyl adjacent to an activating group) is 1. The Morgan fingerprint density at radius 2 is 2.42 bits per heavy atom. The highest BCUT2D eigenvalue weighted by Crippen LogP contribution is 2.38. The number of rotatable bonds is 5. The van der Waals surface area contributed by atoms with Gasteiger partial charge in [-0.15, -0.1) is 0 Å². The quantitative estimate of drug-likeness (QED) is 0.626. The van der Waals surface area contributed by atoms with Crippen LogP contribution in [0.4, 0.5) is 11.5 Å². The molecular formula is C12H15N5O2. The zero-order chi connectivity index (χ0) is 14.0. The van der Waals surface area contributed by atoms with Crippen molar-refractivity contribution >= 4 is 11.5 Å². The molecule has 1 aliphatic rings. The van der Waals surface area contributed by atoms with Crippen molar-refractivity contribution < 1.29 is 4.92 Å². The molecule has 1 saturated carbocycles. The van der Waals surface area contributed by atoms with Gasteiger partial charge in [0.2, 0.25) is 5.82 Å². The molecule has 7 heteroatoms. The minimum Gasteiger partial charge on any atom is -0.349 e. The van der Waals surface area contributed by atoms with Crippen LogP contribution in [0.25, 0.3) is 0 Å². The Morgan fingerprint density at radius 3 is 2.89 bits per heavy atom. The van der Waals surface area contributed by atoms with Gasteiger partial charge in [-0.1, -0.05) is 0 Å². The molecule has 0 radical (unpaired) electrons. The molecule has 1 atom stereocenters. The van der Waals surface area contributed by atoms with Crippen molar-refractivity contribution in [2.75, 3.05) is 18.5 Å². The number of hydrogen-bond donors (Lipinski definition) is 1. The van der Waals surface area contributed by atoms with Gasteiger partial charge in [-0.2, -0.15) is 5.26 Å². The van der Waals surface area contributed by atoms with E-state index in [1.807, 2.05) is 6.07 Å². The highest BCUT2D eigenvalue weighted by molar-refractivity contribution is 5.65. The maximum atomic E-state index is 11.2. The fraction of sp³-hybridized carbons (Fsp3) is 0.500. The molecule has 0 saturated heterocycles. The molecule has 1 aliphatic carbocycles. The van der Waals surface area contributed by atoms with E-state index in [-0.39, 0.29) is 23.1 Å². The van der Waals surface area contributed by atoms with Crippen LogP contribution in [0.1, 0.15) is 18.4 Å². The van der Waals surface area contributed by atoms with E-state index in [1.54, 1.807) is 11.9 Å². The van der Waals surface area contributed by atoms with Crippen molar-refractivity contribution in [3.63, 3.8) is 0 Å². The highest BCUT2D eigenvalue weighted by atomic mass is 16.6. The van der Waals surface area contributed by atoms with Gasteiger partial charge in [-0.05, 0) is 24.8 Å². The average molecular weight is 261 g/mol. The summed E-state index contributed by atoms with van der Waals surface area (Å²) in [6, 6.07) is 3.21. The van der Waals surface area contributed by atoms with Gasteiger partial charge in [0.15, 0.2) is 0 Å². The standard InChI is InChI=1S/C12H15N5O2/c1-16(10(7-14)8-2-3-8)12-11(17(18)19)9(6-13)4-5-15-12/h4-5,8,10H,2-3,7,14H2,1H3. The molecule has 7 nitrogen and oxygen atoms in total. The Morgan fingerprint density at radius 1 is 1.74 bits per heavy atom. The number of anilines is 1. The lowest BCUT2D eigenvalue weighted by Gasteiger charge is -2.27. The second kappa shape index (κ2) is 5.20. The Bertz CT molecular complexity index is 535. The van der Waals surface area contributed by atoms with Crippen LogP contribution in [0.3, 0.4) is 0 Å². The summed E-state index contributed by atoms with van der Waals surface area (Å²) >= 11 is 0. The van der Waals surface area contributed by atoms with E-state index in [4.69, 9.17) is 11.0 Å². The fourth-order valence-corrected chi connectivity index (χ4v) is 2.28. The van der Waals surface area contributed by atoms with Crippen molar-refractivity contribution in [1.82, 2.24) is 4.98 Å². The van der Waals surface area contributed by atoms with E-state index in [1.165, 1.54) is 12.3 Å². The molecule has 1 aromatic heterocycles. The first-order valence-corrected chi connectivity index (χ1v) is 6.06. The van der Waals surface area contributed by atoms with E-state index in [2.05, 4.69) is 4.98 Å². The number of pyridine rings is 1. The van der Waals surface area contributed by atoms with Crippen molar-refractivity contribution in [1.29, 1.82) is 5.26 Å². The van der Waals surface area contributed by atoms with Gasteiger partial charge in [0, 0.05) is 25.8 Å². The maximum Gasteiger partial charge on any atom is 0.329 e. The number of aromatic nitrogens is 1. The zero-order valence-electron chi connectivity index (χ0n) is 10.6. The van der Waals surface area contributed by atoms with E-state index in [9.17, 15) is 10.1 Å². The molecule has 2 N–H and O–H groups in total. The molecule has 1 unspecified atom stereocenters. The summed E-state index contributed by atoms with van der Waals surface area (Å²) in [7, 11) is 1.74. The van der Waals surface area contributed by atoms with Crippen LogP contribution < -0.4 is 10.6 Å². The summed E-state index contributed by atoms with van der Waals surface area (Å²) in [5, 5.41) is 20.1. The highest BCUT2D eigenvalue weighted by Gasteiger charge is 2.36. The molecule has 1 fully saturated rings. The maximum absolute atomic E-state index is 11.2. The molecule has 0 bridgehead atoms. The number of nitrogens with zero attached hydrogens (tertiary/aromatic N) is 4. The van der Waals surface area contributed by atoms with Gasteiger partial charge < -0.3 is 10.6 Å². The molecule has 0 spiro atoms. The summed E-state index contributed by atoms with van der Waals surface area (Å²) in [5.41, 5.74) is 5.52. The first kappa shape index (κ1) is 13.2. The molecule has 2 rings (SSSR count). The van der Waals surface area contributed by atoms with Crippen LogP contribution >= 0.6 is 0 Å². The van der Waals surface area contributed by atoms with Crippen LogP contribution in [-0.4, -0.2) is 29.5 Å². The topological polar surface area (TPSA) is 109 Å².